The van der Waals surface area contributed by atoms with Gasteiger partial charge in [0.05, 0.1) is 17.0 Å². The number of hydrogen-bond donors (Lipinski definition) is 1. The minimum Gasteiger partial charge on any atom is -0.370 e. The van der Waals surface area contributed by atoms with Crippen molar-refractivity contribution in [3.05, 3.63) is 64.0 Å². The van der Waals surface area contributed by atoms with Gasteiger partial charge in [-0.05, 0) is 32.0 Å². The first-order valence-electron chi connectivity index (χ1n) is 7.84. The largest absolute Gasteiger partial charge is 0.370 e. The number of anilines is 2. The zero-order valence-electron chi connectivity index (χ0n) is 14.3. The van der Waals surface area contributed by atoms with Gasteiger partial charge in [0.25, 0.3) is 5.69 Å². The molecule has 1 N–H and O–H groups in total. The number of hydrogen-bond acceptors (Lipinski definition) is 4. The summed E-state index contributed by atoms with van der Waals surface area (Å²) in [6.07, 6.45) is -0.160. The van der Waals surface area contributed by atoms with E-state index in [9.17, 15) is 19.3 Å². The number of rotatable bonds is 6. The predicted molar refractivity (Wildman–Crippen MR) is 95.4 cm³/mol. The molecular weight excluding hydrogens is 325 g/mol. The van der Waals surface area contributed by atoms with Crippen LogP contribution in [0.2, 0.25) is 0 Å². The standard InChI is InChI=1S/C18H20FN3O3/c1-12(2)21(3)17-9-8-14(11-15(17)19)20-18(23)10-13-6-4-5-7-16(13)22(24)25/h4-9,11-12H,10H2,1-3H3,(H,20,23). The van der Waals surface area contributed by atoms with Crippen molar-refractivity contribution in [2.45, 2.75) is 26.3 Å². The molecule has 0 unspecified atom stereocenters. The molecule has 0 saturated heterocycles. The zero-order chi connectivity index (χ0) is 18.6. The Labute approximate surface area is 145 Å². The lowest BCUT2D eigenvalue weighted by molar-refractivity contribution is -0.385. The minimum absolute atomic E-state index is 0.113. The maximum absolute atomic E-state index is 14.2. The smallest absolute Gasteiger partial charge is 0.273 e. The molecule has 132 valence electrons. The van der Waals surface area contributed by atoms with Crippen LogP contribution >= 0.6 is 0 Å². The quantitative estimate of drug-likeness (QED) is 0.639. The van der Waals surface area contributed by atoms with Gasteiger partial charge in [0, 0.05) is 30.4 Å². The Bertz CT molecular complexity index is 793. The van der Waals surface area contributed by atoms with Gasteiger partial charge in [0.2, 0.25) is 5.91 Å². The molecule has 0 spiro atoms. The van der Waals surface area contributed by atoms with Gasteiger partial charge in [-0.2, -0.15) is 0 Å². The van der Waals surface area contributed by atoms with Gasteiger partial charge in [-0.1, -0.05) is 18.2 Å². The number of nitro groups is 1. The first kappa shape index (κ1) is 18.4. The van der Waals surface area contributed by atoms with Crippen LogP contribution in [-0.2, 0) is 11.2 Å². The number of halogens is 1. The summed E-state index contributed by atoms with van der Waals surface area (Å²) in [7, 11) is 1.79. The highest BCUT2D eigenvalue weighted by atomic mass is 19.1. The molecule has 0 fully saturated rings. The van der Waals surface area contributed by atoms with Crippen LogP contribution in [0.1, 0.15) is 19.4 Å². The number of nitrogens with one attached hydrogen (secondary N) is 1. The Morgan fingerprint density at radius 1 is 1.28 bits per heavy atom. The summed E-state index contributed by atoms with van der Waals surface area (Å²) >= 11 is 0. The molecule has 0 aromatic heterocycles. The number of benzene rings is 2. The number of carbonyl (C=O) groups is 1. The average molecular weight is 345 g/mol. The Hall–Kier alpha value is -2.96. The third-order valence-electron chi connectivity index (χ3n) is 3.93. The molecule has 2 rings (SSSR count). The third-order valence-corrected chi connectivity index (χ3v) is 3.93. The van der Waals surface area contributed by atoms with Gasteiger partial charge < -0.3 is 10.2 Å². The molecule has 25 heavy (non-hydrogen) atoms. The first-order chi connectivity index (χ1) is 11.8. The zero-order valence-corrected chi connectivity index (χ0v) is 14.3. The molecule has 0 aliphatic carbocycles. The molecule has 0 atom stereocenters. The van der Waals surface area contributed by atoms with Crippen molar-refractivity contribution in [3.8, 4) is 0 Å². The fraction of sp³-hybridized carbons (Fsp3) is 0.278. The van der Waals surface area contributed by atoms with Gasteiger partial charge in [-0.15, -0.1) is 0 Å². The second-order valence-electron chi connectivity index (χ2n) is 5.98. The van der Waals surface area contributed by atoms with E-state index in [4.69, 9.17) is 0 Å². The highest BCUT2D eigenvalue weighted by Gasteiger charge is 2.16. The van der Waals surface area contributed by atoms with E-state index in [0.29, 0.717) is 16.9 Å². The van der Waals surface area contributed by atoms with Crippen LogP contribution in [0.5, 0.6) is 0 Å². The summed E-state index contributed by atoms with van der Waals surface area (Å²) in [5, 5.41) is 13.6. The number of amides is 1. The molecule has 2 aromatic rings. The van der Waals surface area contributed by atoms with Crippen molar-refractivity contribution in [1.82, 2.24) is 0 Å². The maximum atomic E-state index is 14.2. The van der Waals surface area contributed by atoms with Crippen molar-refractivity contribution in [2.75, 3.05) is 17.3 Å². The third kappa shape index (κ3) is 4.53. The average Bonchev–Trinajstić information content (AvgIpc) is 2.54. The van der Waals surface area contributed by atoms with Gasteiger partial charge in [-0.3, -0.25) is 14.9 Å². The van der Waals surface area contributed by atoms with Crippen molar-refractivity contribution in [2.24, 2.45) is 0 Å². The Kier molecular flexibility index (Phi) is 5.69. The Morgan fingerprint density at radius 3 is 2.56 bits per heavy atom. The topological polar surface area (TPSA) is 75.5 Å². The monoisotopic (exact) mass is 345 g/mol. The van der Waals surface area contributed by atoms with Gasteiger partial charge in [-0.25, -0.2) is 4.39 Å². The first-order valence-corrected chi connectivity index (χ1v) is 7.84. The fourth-order valence-electron chi connectivity index (χ4n) is 2.37. The Morgan fingerprint density at radius 2 is 1.96 bits per heavy atom. The van der Waals surface area contributed by atoms with E-state index >= 15 is 0 Å². The molecule has 6 nitrogen and oxygen atoms in total. The molecule has 0 bridgehead atoms. The number of nitrogens with zero attached hydrogens (tertiary/aromatic N) is 2. The van der Waals surface area contributed by atoms with Crippen molar-refractivity contribution in [3.63, 3.8) is 0 Å². The summed E-state index contributed by atoms with van der Waals surface area (Å²) in [5.41, 5.74) is 0.938. The molecule has 0 saturated carbocycles. The second kappa shape index (κ2) is 7.74. The van der Waals surface area contributed by atoms with Gasteiger partial charge >= 0.3 is 0 Å². The molecule has 0 heterocycles. The number of carbonyl (C=O) groups excluding carboxylic acids is 1. The fourth-order valence-corrected chi connectivity index (χ4v) is 2.37. The predicted octanol–water partition coefficient (Wildman–Crippen LogP) is 3.76. The Balaban J connectivity index is 2.11. The van der Waals surface area contributed by atoms with Crippen LogP contribution in [0.15, 0.2) is 42.5 Å². The second-order valence-corrected chi connectivity index (χ2v) is 5.98. The van der Waals surface area contributed by atoms with Crippen LogP contribution in [0.3, 0.4) is 0 Å². The van der Waals surface area contributed by atoms with Gasteiger partial charge in [0.15, 0.2) is 0 Å². The number of nitro benzene ring substituents is 1. The van der Waals surface area contributed by atoms with E-state index in [0.717, 1.165) is 0 Å². The molecule has 1 amide bonds. The maximum Gasteiger partial charge on any atom is 0.273 e. The van der Waals surface area contributed by atoms with E-state index in [2.05, 4.69) is 5.32 Å². The molecular formula is C18H20FN3O3. The lowest BCUT2D eigenvalue weighted by Crippen LogP contribution is -2.26. The van der Waals surface area contributed by atoms with Crippen LogP contribution < -0.4 is 10.2 Å². The summed E-state index contributed by atoms with van der Waals surface area (Å²) < 4.78 is 14.2. The summed E-state index contributed by atoms with van der Waals surface area (Å²) in [6, 6.07) is 10.6. The van der Waals surface area contributed by atoms with E-state index in [1.54, 1.807) is 36.2 Å². The summed E-state index contributed by atoms with van der Waals surface area (Å²) in [5.74, 6) is -0.890. The molecule has 2 aromatic carbocycles. The van der Waals surface area contributed by atoms with Crippen molar-refractivity contribution >= 4 is 23.0 Å². The van der Waals surface area contributed by atoms with E-state index in [1.165, 1.54) is 18.2 Å². The summed E-state index contributed by atoms with van der Waals surface area (Å²) in [6.45, 7) is 3.89. The van der Waals surface area contributed by atoms with Crippen LogP contribution in [0.4, 0.5) is 21.5 Å². The van der Waals surface area contributed by atoms with E-state index in [1.807, 2.05) is 13.8 Å². The molecule has 7 heteroatoms. The van der Waals surface area contributed by atoms with Crippen molar-refractivity contribution in [1.29, 1.82) is 0 Å². The van der Waals surface area contributed by atoms with Crippen molar-refractivity contribution < 1.29 is 14.1 Å². The molecule has 0 radical (unpaired) electrons. The van der Waals surface area contributed by atoms with Crippen LogP contribution in [0.25, 0.3) is 0 Å². The highest BCUT2D eigenvalue weighted by molar-refractivity contribution is 5.93. The number of para-hydroxylation sites is 1. The SMILES string of the molecule is CC(C)N(C)c1ccc(NC(=O)Cc2ccccc2[N+](=O)[O-])cc1F. The molecule has 0 aliphatic heterocycles. The minimum atomic E-state index is -0.529. The normalized spacial score (nSPS) is 10.6. The van der Waals surface area contributed by atoms with Crippen LogP contribution in [-0.4, -0.2) is 23.9 Å². The highest BCUT2D eigenvalue weighted by Crippen LogP contribution is 2.24. The van der Waals surface area contributed by atoms with Crippen LogP contribution in [0, 0.1) is 15.9 Å². The van der Waals surface area contributed by atoms with E-state index in [-0.39, 0.29) is 18.2 Å². The lowest BCUT2D eigenvalue weighted by atomic mass is 10.1. The summed E-state index contributed by atoms with van der Waals surface area (Å²) in [4.78, 5) is 24.4. The van der Waals surface area contributed by atoms with E-state index < -0.39 is 16.6 Å². The molecule has 0 aliphatic rings. The lowest BCUT2D eigenvalue weighted by Gasteiger charge is -2.24. The van der Waals surface area contributed by atoms with Gasteiger partial charge in [0.1, 0.15) is 5.82 Å².